The van der Waals surface area contributed by atoms with E-state index in [9.17, 15) is 9.59 Å². The third kappa shape index (κ3) is 4.21. The second-order valence-electron chi connectivity index (χ2n) is 5.06. The number of rotatable bonds is 5. The lowest BCUT2D eigenvalue weighted by molar-refractivity contribution is -0.141. The van der Waals surface area contributed by atoms with Gasteiger partial charge in [0.25, 0.3) is 0 Å². The number of hydrogen-bond donors (Lipinski definition) is 2. The predicted octanol–water partition coefficient (Wildman–Crippen LogP) is 1.00. The fourth-order valence-electron chi connectivity index (χ4n) is 1.86. The van der Waals surface area contributed by atoms with Gasteiger partial charge in [0.2, 0.25) is 11.8 Å². The van der Waals surface area contributed by atoms with Crippen LogP contribution >= 0.6 is 12.4 Å². The van der Waals surface area contributed by atoms with Gasteiger partial charge in [0, 0.05) is 6.04 Å². The highest BCUT2D eigenvalue weighted by Gasteiger charge is 2.35. The molecule has 112 valence electrons. The van der Waals surface area contributed by atoms with E-state index in [0.717, 1.165) is 0 Å². The Morgan fingerprint density at radius 3 is 2.15 bits per heavy atom. The van der Waals surface area contributed by atoms with Gasteiger partial charge < -0.3 is 16.4 Å². The average molecular weight is 300 g/mol. The first-order chi connectivity index (χ1) is 8.76. The number of benzene rings is 1. The number of amides is 2. The molecule has 1 rings (SSSR count). The first kappa shape index (κ1) is 18.4. The largest absolute Gasteiger partial charge is 0.368 e. The summed E-state index contributed by atoms with van der Waals surface area (Å²) in [5.74, 6) is -0.863. The maximum absolute atomic E-state index is 12.5. The number of primary amides is 1. The molecule has 0 heterocycles. The SMILES string of the molecule is CC(C)N(CC(N)=O)C(=O)C(C)(N)c1ccccc1.Cl. The second-order valence-corrected chi connectivity index (χ2v) is 5.06. The van der Waals surface area contributed by atoms with E-state index in [0.29, 0.717) is 5.56 Å². The maximum atomic E-state index is 12.5. The van der Waals surface area contributed by atoms with Gasteiger partial charge in [0.1, 0.15) is 5.54 Å². The molecule has 4 N–H and O–H groups in total. The highest BCUT2D eigenvalue weighted by Crippen LogP contribution is 2.21. The van der Waals surface area contributed by atoms with Crippen molar-refractivity contribution < 1.29 is 9.59 Å². The van der Waals surface area contributed by atoms with Gasteiger partial charge >= 0.3 is 0 Å². The minimum absolute atomic E-state index is 0. The number of halogens is 1. The van der Waals surface area contributed by atoms with Crippen molar-refractivity contribution in [1.29, 1.82) is 0 Å². The molecular formula is C14H22ClN3O2. The van der Waals surface area contributed by atoms with E-state index in [1.807, 2.05) is 32.0 Å². The van der Waals surface area contributed by atoms with Gasteiger partial charge in [0.15, 0.2) is 0 Å². The number of carbonyl (C=O) groups excluding carboxylic acids is 2. The maximum Gasteiger partial charge on any atom is 0.247 e. The first-order valence-corrected chi connectivity index (χ1v) is 6.20. The summed E-state index contributed by atoms with van der Waals surface area (Å²) in [6, 6.07) is 8.93. The molecule has 0 aliphatic heterocycles. The molecule has 20 heavy (non-hydrogen) atoms. The Labute approximate surface area is 125 Å². The lowest BCUT2D eigenvalue weighted by atomic mass is 9.91. The van der Waals surface area contributed by atoms with Crippen molar-refractivity contribution in [2.75, 3.05) is 6.54 Å². The van der Waals surface area contributed by atoms with E-state index in [2.05, 4.69) is 0 Å². The lowest BCUT2D eigenvalue weighted by Gasteiger charge is -2.34. The molecule has 0 saturated heterocycles. The van der Waals surface area contributed by atoms with Crippen molar-refractivity contribution in [3.8, 4) is 0 Å². The molecule has 2 amide bonds. The molecule has 0 radical (unpaired) electrons. The summed E-state index contributed by atoms with van der Waals surface area (Å²) >= 11 is 0. The zero-order valence-corrected chi connectivity index (χ0v) is 12.8. The van der Waals surface area contributed by atoms with E-state index >= 15 is 0 Å². The zero-order chi connectivity index (χ0) is 14.6. The Bertz CT molecular complexity index is 461. The van der Waals surface area contributed by atoms with Gasteiger partial charge in [-0.25, -0.2) is 0 Å². The summed E-state index contributed by atoms with van der Waals surface area (Å²) in [6.07, 6.45) is 0. The van der Waals surface area contributed by atoms with E-state index in [1.165, 1.54) is 4.90 Å². The molecule has 0 saturated carbocycles. The van der Waals surface area contributed by atoms with Crippen LogP contribution in [0.15, 0.2) is 30.3 Å². The molecule has 0 bridgehead atoms. The fraction of sp³-hybridized carbons (Fsp3) is 0.429. The highest BCUT2D eigenvalue weighted by molar-refractivity contribution is 5.90. The van der Waals surface area contributed by atoms with E-state index in [4.69, 9.17) is 11.5 Å². The molecule has 6 heteroatoms. The van der Waals surface area contributed by atoms with Crippen LogP contribution in [0, 0.1) is 0 Å². The van der Waals surface area contributed by atoms with Crippen molar-refractivity contribution in [3.05, 3.63) is 35.9 Å². The lowest BCUT2D eigenvalue weighted by Crippen LogP contribution is -2.55. The van der Waals surface area contributed by atoms with Crippen molar-refractivity contribution in [1.82, 2.24) is 4.90 Å². The Balaban J connectivity index is 0.00000361. The molecule has 0 aliphatic rings. The Kier molecular flexibility index (Phi) is 6.68. The van der Waals surface area contributed by atoms with Crippen molar-refractivity contribution in [2.24, 2.45) is 11.5 Å². The summed E-state index contributed by atoms with van der Waals surface area (Å²) in [4.78, 5) is 25.0. The normalized spacial score (nSPS) is 13.2. The number of nitrogens with two attached hydrogens (primary N) is 2. The van der Waals surface area contributed by atoms with Crippen LogP contribution in [-0.4, -0.2) is 29.3 Å². The van der Waals surface area contributed by atoms with Crippen LogP contribution in [0.3, 0.4) is 0 Å². The van der Waals surface area contributed by atoms with E-state index in [1.54, 1.807) is 19.1 Å². The third-order valence-electron chi connectivity index (χ3n) is 3.03. The third-order valence-corrected chi connectivity index (χ3v) is 3.03. The molecule has 1 unspecified atom stereocenters. The van der Waals surface area contributed by atoms with Crippen LogP contribution < -0.4 is 11.5 Å². The Hall–Kier alpha value is -1.59. The highest BCUT2D eigenvalue weighted by atomic mass is 35.5. The fourth-order valence-corrected chi connectivity index (χ4v) is 1.86. The summed E-state index contributed by atoms with van der Waals surface area (Å²) in [5.41, 5.74) is 10.9. The second kappa shape index (κ2) is 7.26. The van der Waals surface area contributed by atoms with Gasteiger partial charge in [-0.15, -0.1) is 12.4 Å². The molecule has 0 spiro atoms. The number of carbonyl (C=O) groups is 2. The quantitative estimate of drug-likeness (QED) is 0.850. The number of hydrogen-bond acceptors (Lipinski definition) is 3. The molecule has 0 aromatic heterocycles. The number of nitrogens with zero attached hydrogens (tertiary/aromatic N) is 1. The van der Waals surface area contributed by atoms with E-state index in [-0.39, 0.29) is 30.9 Å². The molecule has 5 nitrogen and oxygen atoms in total. The van der Waals surface area contributed by atoms with Gasteiger partial charge in [-0.2, -0.15) is 0 Å². The van der Waals surface area contributed by atoms with Gasteiger partial charge in [-0.1, -0.05) is 30.3 Å². The van der Waals surface area contributed by atoms with Crippen LogP contribution in [-0.2, 0) is 15.1 Å². The molecule has 1 aromatic rings. The standard InChI is InChI=1S/C14H21N3O2.ClH/c1-10(2)17(9-12(15)18)13(19)14(3,16)11-7-5-4-6-8-11;/h4-8,10H,9,16H2,1-3H3,(H2,15,18);1H. The van der Waals surface area contributed by atoms with Gasteiger partial charge in [-0.05, 0) is 26.3 Å². The Morgan fingerprint density at radius 1 is 1.25 bits per heavy atom. The average Bonchev–Trinajstić information content (AvgIpc) is 2.35. The van der Waals surface area contributed by atoms with Crippen LogP contribution in [0.5, 0.6) is 0 Å². The summed E-state index contributed by atoms with van der Waals surface area (Å²) in [6.45, 7) is 5.15. The minimum atomic E-state index is -1.18. The van der Waals surface area contributed by atoms with Gasteiger partial charge in [-0.3, -0.25) is 9.59 Å². The van der Waals surface area contributed by atoms with Gasteiger partial charge in [0.05, 0.1) is 6.54 Å². The van der Waals surface area contributed by atoms with Crippen molar-refractivity contribution >= 4 is 24.2 Å². The molecule has 1 aromatic carbocycles. The smallest absolute Gasteiger partial charge is 0.247 e. The predicted molar refractivity (Wildman–Crippen MR) is 81.3 cm³/mol. The first-order valence-electron chi connectivity index (χ1n) is 6.20. The van der Waals surface area contributed by atoms with Crippen LogP contribution in [0.2, 0.25) is 0 Å². The van der Waals surface area contributed by atoms with Crippen LogP contribution in [0.1, 0.15) is 26.3 Å². The minimum Gasteiger partial charge on any atom is -0.368 e. The summed E-state index contributed by atoms with van der Waals surface area (Å²) in [7, 11) is 0. The van der Waals surface area contributed by atoms with Crippen molar-refractivity contribution in [2.45, 2.75) is 32.4 Å². The van der Waals surface area contributed by atoms with Crippen LogP contribution in [0.4, 0.5) is 0 Å². The zero-order valence-electron chi connectivity index (χ0n) is 12.0. The molecule has 0 aliphatic carbocycles. The molecule has 1 atom stereocenters. The molecule has 0 fully saturated rings. The van der Waals surface area contributed by atoms with Crippen LogP contribution in [0.25, 0.3) is 0 Å². The summed E-state index contributed by atoms with van der Waals surface area (Å²) in [5, 5.41) is 0. The van der Waals surface area contributed by atoms with E-state index < -0.39 is 11.4 Å². The molecular weight excluding hydrogens is 278 g/mol. The summed E-state index contributed by atoms with van der Waals surface area (Å²) < 4.78 is 0. The van der Waals surface area contributed by atoms with Crippen molar-refractivity contribution in [3.63, 3.8) is 0 Å². The monoisotopic (exact) mass is 299 g/mol. The Morgan fingerprint density at radius 2 is 1.75 bits per heavy atom. The topological polar surface area (TPSA) is 89.4 Å².